The number of aromatic nitrogens is 1. The van der Waals surface area contributed by atoms with Crippen LogP contribution in [0.2, 0.25) is 0 Å². The summed E-state index contributed by atoms with van der Waals surface area (Å²) in [6.07, 6.45) is 2.59. The summed E-state index contributed by atoms with van der Waals surface area (Å²) in [5.41, 5.74) is 8.07. The number of aromatic carboxylic acids is 1. The Balaban J connectivity index is 2.04. The van der Waals surface area contributed by atoms with Gasteiger partial charge in [0, 0.05) is 43.3 Å². The average Bonchev–Trinajstić information content (AvgIpc) is 2.45. The number of nitrogens with zero attached hydrogens (tertiary/aromatic N) is 2. The number of hydrogen-bond acceptors (Lipinski definition) is 4. The van der Waals surface area contributed by atoms with Crippen LogP contribution in [0, 0.1) is 0 Å². The van der Waals surface area contributed by atoms with Gasteiger partial charge in [-0.15, -0.1) is 0 Å². The van der Waals surface area contributed by atoms with Gasteiger partial charge in [-0.05, 0) is 30.3 Å². The molecule has 0 bridgehead atoms. The molecule has 5 nitrogen and oxygen atoms in total. The Bertz CT molecular complexity index is 599. The zero-order chi connectivity index (χ0) is 14.5. The van der Waals surface area contributed by atoms with E-state index in [1.54, 1.807) is 18.3 Å². The van der Waals surface area contributed by atoms with E-state index in [1.807, 2.05) is 30.1 Å². The van der Waals surface area contributed by atoms with E-state index in [0.29, 0.717) is 0 Å². The number of carboxylic acid groups (broad SMARTS) is 1. The number of likely N-dealkylation sites (N-methyl/N-ethyl adjacent to an activating group) is 1. The van der Waals surface area contributed by atoms with Crippen molar-refractivity contribution in [1.82, 2.24) is 4.98 Å². The quantitative estimate of drug-likeness (QED) is 0.813. The van der Waals surface area contributed by atoms with Gasteiger partial charge < -0.3 is 15.7 Å². The van der Waals surface area contributed by atoms with E-state index in [0.717, 1.165) is 24.3 Å². The second-order valence-electron chi connectivity index (χ2n) is 4.57. The van der Waals surface area contributed by atoms with Crippen LogP contribution in [0.4, 0.5) is 11.4 Å². The van der Waals surface area contributed by atoms with Crippen molar-refractivity contribution in [3.05, 3.63) is 53.9 Å². The molecule has 0 saturated carbocycles. The smallest absolute Gasteiger partial charge is 0.337 e. The first-order valence-corrected chi connectivity index (χ1v) is 6.32. The number of anilines is 2. The molecule has 1 aromatic carbocycles. The molecule has 1 heterocycles. The molecule has 2 aromatic rings. The van der Waals surface area contributed by atoms with Crippen LogP contribution in [0.1, 0.15) is 16.1 Å². The molecule has 0 aliphatic rings. The van der Waals surface area contributed by atoms with Gasteiger partial charge in [0.25, 0.3) is 0 Å². The third kappa shape index (κ3) is 3.26. The van der Waals surface area contributed by atoms with Gasteiger partial charge in [0.05, 0.1) is 5.56 Å². The van der Waals surface area contributed by atoms with Crippen molar-refractivity contribution < 1.29 is 9.90 Å². The SMILES string of the molecule is CN(CCc1ccccn1)c1ccc(C(=O)O)c(N)c1. The minimum atomic E-state index is -1.01. The summed E-state index contributed by atoms with van der Waals surface area (Å²) in [6.45, 7) is 0.781. The molecule has 104 valence electrons. The molecule has 0 aliphatic carbocycles. The number of pyridine rings is 1. The predicted octanol–water partition coefficient (Wildman–Crippen LogP) is 2.04. The maximum atomic E-state index is 10.9. The molecule has 0 unspecified atom stereocenters. The summed E-state index contributed by atoms with van der Waals surface area (Å²) in [7, 11) is 1.94. The van der Waals surface area contributed by atoms with Crippen LogP contribution in [-0.2, 0) is 6.42 Å². The molecular weight excluding hydrogens is 254 g/mol. The van der Waals surface area contributed by atoms with E-state index in [4.69, 9.17) is 10.8 Å². The normalized spacial score (nSPS) is 10.2. The lowest BCUT2D eigenvalue weighted by Gasteiger charge is -2.20. The number of hydrogen-bond donors (Lipinski definition) is 2. The summed E-state index contributed by atoms with van der Waals surface area (Å²) in [5, 5.41) is 8.95. The van der Waals surface area contributed by atoms with Crippen LogP contribution < -0.4 is 10.6 Å². The maximum absolute atomic E-state index is 10.9. The molecule has 3 N–H and O–H groups in total. The lowest BCUT2D eigenvalue weighted by Crippen LogP contribution is -2.21. The molecule has 0 aliphatic heterocycles. The highest BCUT2D eigenvalue weighted by Gasteiger charge is 2.10. The van der Waals surface area contributed by atoms with E-state index in [9.17, 15) is 4.79 Å². The molecule has 0 spiro atoms. The first-order valence-electron chi connectivity index (χ1n) is 6.32. The second-order valence-corrected chi connectivity index (χ2v) is 4.57. The van der Waals surface area contributed by atoms with Crippen LogP contribution in [0.3, 0.4) is 0 Å². The molecule has 1 aromatic heterocycles. The third-order valence-corrected chi connectivity index (χ3v) is 3.14. The van der Waals surface area contributed by atoms with E-state index >= 15 is 0 Å². The highest BCUT2D eigenvalue weighted by molar-refractivity contribution is 5.94. The van der Waals surface area contributed by atoms with Gasteiger partial charge in [0.2, 0.25) is 0 Å². The number of nitrogen functional groups attached to an aromatic ring is 1. The van der Waals surface area contributed by atoms with Crippen LogP contribution in [0.5, 0.6) is 0 Å². The lowest BCUT2D eigenvalue weighted by molar-refractivity contribution is 0.0698. The monoisotopic (exact) mass is 271 g/mol. The summed E-state index contributed by atoms with van der Waals surface area (Å²) in [5.74, 6) is -1.01. The fourth-order valence-electron chi connectivity index (χ4n) is 1.94. The van der Waals surface area contributed by atoms with Gasteiger partial charge in [0.1, 0.15) is 0 Å². The van der Waals surface area contributed by atoms with E-state index < -0.39 is 5.97 Å². The first kappa shape index (κ1) is 13.9. The molecule has 0 amide bonds. The molecule has 5 heteroatoms. The maximum Gasteiger partial charge on any atom is 0.337 e. The van der Waals surface area contributed by atoms with Gasteiger partial charge in [0.15, 0.2) is 0 Å². The average molecular weight is 271 g/mol. The minimum absolute atomic E-state index is 0.131. The number of rotatable bonds is 5. The van der Waals surface area contributed by atoms with Crippen molar-refractivity contribution >= 4 is 17.3 Å². The van der Waals surface area contributed by atoms with Gasteiger partial charge in [-0.3, -0.25) is 4.98 Å². The predicted molar refractivity (Wildman–Crippen MR) is 79.0 cm³/mol. The zero-order valence-electron chi connectivity index (χ0n) is 11.3. The molecule has 0 atom stereocenters. The van der Waals surface area contributed by atoms with Crippen molar-refractivity contribution in [1.29, 1.82) is 0 Å². The molecule has 0 radical (unpaired) electrons. The van der Waals surface area contributed by atoms with Crippen molar-refractivity contribution in [2.45, 2.75) is 6.42 Å². The zero-order valence-corrected chi connectivity index (χ0v) is 11.3. The van der Waals surface area contributed by atoms with E-state index in [1.165, 1.54) is 6.07 Å². The van der Waals surface area contributed by atoms with Crippen molar-refractivity contribution in [3.8, 4) is 0 Å². The standard InChI is InChI=1S/C15H17N3O2/c1-18(9-7-11-4-2-3-8-17-11)12-5-6-13(15(19)20)14(16)10-12/h2-6,8,10H,7,9,16H2,1H3,(H,19,20). The molecule has 0 saturated heterocycles. The summed E-state index contributed by atoms with van der Waals surface area (Å²) in [6, 6.07) is 10.8. The minimum Gasteiger partial charge on any atom is -0.478 e. The van der Waals surface area contributed by atoms with Crippen LogP contribution in [0.25, 0.3) is 0 Å². The summed E-state index contributed by atoms with van der Waals surface area (Å²) < 4.78 is 0. The largest absolute Gasteiger partial charge is 0.478 e. The Morgan fingerprint density at radius 1 is 1.35 bits per heavy atom. The van der Waals surface area contributed by atoms with E-state index in [-0.39, 0.29) is 11.3 Å². The van der Waals surface area contributed by atoms with Crippen LogP contribution in [0.15, 0.2) is 42.6 Å². The van der Waals surface area contributed by atoms with Crippen LogP contribution >= 0.6 is 0 Å². The fraction of sp³-hybridized carbons (Fsp3) is 0.200. The highest BCUT2D eigenvalue weighted by Crippen LogP contribution is 2.20. The van der Waals surface area contributed by atoms with Crippen molar-refractivity contribution in [3.63, 3.8) is 0 Å². The Morgan fingerprint density at radius 2 is 2.15 bits per heavy atom. The number of benzene rings is 1. The fourth-order valence-corrected chi connectivity index (χ4v) is 1.94. The van der Waals surface area contributed by atoms with Gasteiger partial charge >= 0.3 is 5.97 Å². The second kappa shape index (κ2) is 6.06. The number of nitrogens with two attached hydrogens (primary N) is 1. The van der Waals surface area contributed by atoms with Crippen molar-refractivity contribution in [2.75, 3.05) is 24.2 Å². The Labute approximate surface area is 117 Å². The number of carbonyl (C=O) groups is 1. The molecular formula is C15H17N3O2. The topological polar surface area (TPSA) is 79.5 Å². The Kier molecular flexibility index (Phi) is 4.20. The van der Waals surface area contributed by atoms with Crippen LogP contribution in [-0.4, -0.2) is 29.7 Å². The molecule has 0 fully saturated rings. The van der Waals surface area contributed by atoms with Gasteiger partial charge in [-0.2, -0.15) is 0 Å². The lowest BCUT2D eigenvalue weighted by atomic mass is 10.1. The van der Waals surface area contributed by atoms with E-state index in [2.05, 4.69) is 4.98 Å². The summed E-state index contributed by atoms with van der Waals surface area (Å²) in [4.78, 5) is 17.2. The highest BCUT2D eigenvalue weighted by atomic mass is 16.4. The Hall–Kier alpha value is -2.56. The molecule has 20 heavy (non-hydrogen) atoms. The van der Waals surface area contributed by atoms with Gasteiger partial charge in [-0.25, -0.2) is 4.79 Å². The summed E-state index contributed by atoms with van der Waals surface area (Å²) >= 11 is 0. The van der Waals surface area contributed by atoms with Gasteiger partial charge in [-0.1, -0.05) is 6.07 Å². The first-order chi connectivity index (χ1) is 9.58. The molecule has 2 rings (SSSR count). The number of carboxylic acids is 1. The van der Waals surface area contributed by atoms with Crippen molar-refractivity contribution in [2.24, 2.45) is 0 Å². The third-order valence-electron chi connectivity index (χ3n) is 3.14. The Morgan fingerprint density at radius 3 is 2.75 bits per heavy atom.